The van der Waals surface area contributed by atoms with Gasteiger partial charge in [-0.3, -0.25) is 4.79 Å². The zero-order valence-electron chi connectivity index (χ0n) is 15.8. The molecule has 1 atom stereocenters. The van der Waals surface area contributed by atoms with Gasteiger partial charge in [-0.05, 0) is 30.5 Å². The van der Waals surface area contributed by atoms with Gasteiger partial charge in [-0.1, -0.05) is 26.0 Å². The average molecular weight is 397 g/mol. The van der Waals surface area contributed by atoms with Gasteiger partial charge in [0, 0.05) is 32.7 Å². The highest BCUT2D eigenvalue weighted by atomic mass is 32.2. The number of primary amides is 1. The highest BCUT2D eigenvalue weighted by Crippen LogP contribution is 2.18. The van der Waals surface area contributed by atoms with Gasteiger partial charge in [0.1, 0.15) is 0 Å². The third-order valence-corrected chi connectivity index (χ3v) is 6.90. The molecule has 0 aromatic heterocycles. The lowest BCUT2D eigenvalue weighted by Crippen LogP contribution is -2.47. The van der Waals surface area contributed by atoms with E-state index in [0.29, 0.717) is 32.7 Å². The van der Waals surface area contributed by atoms with Crippen molar-refractivity contribution in [1.82, 2.24) is 14.5 Å². The summed E-state index contributed by atoms with van der Waals surface area (Å²) >= 11 is 0. The third kappa shape index (κ3) is 5.20. The number of urea groups is 1. The SMILES string of the molecule is CCN(CC)S(=O)(=O)c1ccc(CNC(=O)[C@H]2CCCN(C(N)=O)C2)cc1. The number of sulfonamides is 1. The lowest BCUT2D eigenvalue weighted by Gasteiger charge is -2.30. The van der Waals surface area contributed by atoms with E-state index in [4.69, 9.17) is 5.73 Å². The van der Waals surface area contributed by atoms with Gasteiger partial charge in [0.25, 0.3) is 0 Å². The smallest absolute Gasteiger partial charge is 0.314 e. The summed E-state index contributed by atoms with van der Waals surface area (Å²) in [5.41, 5.74) is 6.10. The summed E-state index contributed by atoms with van der Waals surface area (Å²) in [7, 11) is -3.48. The number of nitrogens with zero attached hydrogens (tertiary/aromatic N) is 2. The second-order valence-corrected chi connectivity index (χ2v) is 8.51. The van der Waals surface area contributed by atoms with Crippen molar-refractivity contribution in [2.45, 2.75) is 38.1 Å². The molecule has 8 nitrogen and oxygen atoms in total. The van der Waals surface area contributed by atoms with Gasteiger partial charge in [0.2, 0.25) is 15.9 Å². The molecule has 0 unspecified atom stereocenters. The fourth-order valence-electron chi connectivity index (χ4n) is 3.22. The van der Waals surface area contributed by atoms with Crippen LogP contribution in [0.2, 0.25) is 0 Å². The van der Waals surface area contributed by atoms with Crippen LogP contribution in [-0.4, -0.2) is 55.7 Å². The Morgan fingerprint density at radius 3 is 2.41 bits per heavy atom. The predicted octanol–water partition coefficient (Wildman–Crippen LogP) is 1.12. The molecule has 1 aliphatic rings. The first kappa shape index (κ1) is 21.2. The van der Waals surface area contributed by atoms with E-state index < -0.39 is 16.1 Å². The van der Waals surface area contributed by atoms with Crippen LogP contribution < -0.4 is 11.1 Å². The predicted molar refractivity (Wildman–Crippen MR) is 102 cm³/mol. The topological polar surface area (TPSA) is 113 Å². The third-order valence-electron chi connectivity index (χ3n) is 4.84. The summed E-state index contributed by atoms with van der Waals surface area (Å²) in [5, 5.41) is 2.85. The first-order chi connectivity index (χ1) is 12.8. The Kier molecular flexibility index (Phi) is 7.20. The van der Waals surface area contributed by atoms with Crippen LogP contribution in [-0.2, 0) is 21.4 Å². The summed E-state index contributed by atoms with van der Waals surface area (Å²) in [6.45, 7) is 5.66. The Balaban J connectivity index is 1.95. The Morgan fingerprint density at radius 2 is 1.85 bits per heavy atom. The van der Waals surface area contributed by atoms with Gasteiger partial charge in [-0.25, -0.2) is 13.2 Å². The van der Waals surface area contributed by atoms with Gasteiger partial charge >= 0.3 is 6.03 Å². The minimum absolute atomic E-state index is 0.124. The largest absolute Gasteiger partial charge is 0.352 e. The second-order valence-electron chi connectivity index (χ2n) is 6.57. The van der Waals surface area contributed by atoms with E-state index in [-0.39, 0.29) is 16.7 Å². The first-order valence-electron chi connectivity index (χ1n) is 9.20. The Morgan fingerprint density at radius 1 is 1.22 bits per heavy atom. The van der Waals surface area contributed by atoms with Crippen molar-refractivity contribution in [3.8, 4) is 0 Å². The summed E-state index contributed by atoms with van der Waals surface area (Å²) < 4.78 is 26.4. The normalized spacial score (nSPS) is 17.7. The monoisotopic (exact) mass is 396 g/mol. The number of likely N-dealkylation sites (tertiary alicyclic amines) is 1. The molecule has 2 rings (SSSR count). The Labute approximate surface area is 160 Å². The summed E-state index contributed by atoms with van der Waals surface area (Å²) in [4.78, 5) is 25.3. The fraction of sp³-hybridized carbons (Fsp3) is 0.556. The molecule has 27 heavy (non-hydrogen) atoms. The molecule has 3 amide bonds. The molecule has 9 heteroatoms. The Bertz CT molecular complexity index is 760. The number of carbonyl (C=O) groups is 2. The van der Waals surface area contributed by atoms with Crippen LogP contribution in [0.3, 0.4) is 0 Å². The number of piperidine rings is 1. The van der Waals surface area contributed by atoms with Crippen molar-refractivity contribution in [1.29, 1.82) is 0 Å². The van der Waals surface area contributed by atoms with Crippen LogP contribution in [0.1, 0.15) is 32.3 Å². The number of carbonyl (C=O) groups excluding carboxylic acids is 2. The number of hydrogen-bond donors (Lipinski definition) is 2. The maximum absolute atomic E-state index is 12.5. The van der Waals surface area contributed by atoms with Crippen LogP contribution >= 0.6 is 0 Å². The minimum Gasteiger partial charge on any atom is -0.352 e. The molecule has 0 saturated carbocycles. The van der Waals surface area contributed by atoms with Crippen LogP contribution in [0.15, 0.2) is 29.2 Å². The average Bonchev–Trinajstić information content (AvgIpc) is 2.67. The maximum atomic E-state index is 12.5. The zero-order chi connectivity index (χ0) is 20.0. The lowest BCUT2D eigenvalue weighted by molar-refractivity contribution is -0.126. The minimum atomic E-state index is -3.48. The van der Waals surface area contributed by atoms with Crippen molar-refractivity contribution in [3.05, 3.63) is 29.8 Å². The molecule has 1 fully saturated rings. The number of benzene rings is 1. The molecular weight excluding hydrogens is 368 g/mol. The van der Waals surface area contributed by atoms with E-state index in [9.17, 15) is 18.0 Å². The molecule has 0 bridgehead atoms. The standard InChI is InChI=1S/C18H28N4O4S/c1-3-22(4-2)27(25,26)16-9-7-14(8-10-16)12-20-17(23)15-6-5-11-21(13-15)18(19)24/h7-10,15H,3-6,11-13H2,1-2H3,(H2,19,24)(H,20,23)/t15-/m0/s1. The lowest BCUT2D eigenvalue weighted by atomic mass is 9.97. The molecule has 1 aliphatic heterocycles. The molecule has 1 heterocycles. The van der Waals surface area contributed by atoms with Gasteiger partial charge in [-0.15, -0.1) is 0 Å². The molecule has 150 valence electrons. The van der Waals surface area contributed by atoms with Crippen molar-refractivity contribution in [2.24, 2.45) is 11.7 Å². The quantitative estimate of drug-likeness (QED) is 0.719. The number of rotatable bonds is 7. The molecule has 1 aromatic rings. The molecular formula is C18H28N4O4S. The number of hydrogen-bond acceptors (Lipinski definition) is 4. The van der Waals surface area contributed by atoms with Gasteiger partial charge in [0.05, 0.1) is 10.8 Å². The van der Waals surface area contributed by atoms with Crippen LogP contribution in [0.5, 0.6) is 0 Å². The number of amides is 3. The van der Waals surface area contributed by atoms with Crippen molar-refractivity contribution < 1.29 is 18.0 Å². The molecule has 1 aromatic carbocycles. The van der Waals surface area contributed by atoms with Crippen LogP contribution in [0, 0.1) is 5.92 Å². The van der Waals surface area contributed by atoms with Crippen molar-refractivity contribution in [3.63, 3.8) is 0 Å². The van der Waals surface area contributed by atoms with Gasteiger partial charge < -0.3 is 16.0 Å². The van der Waals surface area contributed by atoms with Crippen LogP contribution in [0.4, 0.5) is 4.79 Å². The summed E-state index contributed by atoms with van der Waals surface area (Å²) in [6, 6.07) is 6.02. The summed E-state index contributed by atoms with van der Waals surface area (Å²) in [5.74, 6) is -0.394. The van der Waals surface area contributed by atoms with Gasteiger partial charge in [0.15, 0.2) is 0 Å². The van der Waals surface area contributed by atoms with E-state index in [1.165, 1.54) is 9.21 Å². The second kappa shape index (κ2) is 9.18. The van der Waals surface area contributed by atoms with Crippen LogP contribution in [0.25, 0.3) is 0 Å². The maximum Gasteiger partial charge on any atom is 0.314 e. The molecule has 0 radical (unpaired) electrons. The molecule has 0 aliphatic carbocycles. The first-order valence-corrected chi connectivity index (χ1v) is 10.6. The summed E-state index contributed by atoms with van der Waals surface area (Å²) in [6.07, 6.45) is 1.47. The van der Waals surface area contributed by atoms with Crippen molar-refractivity contribution in [2.75, 3.05) is 26.2 Å². The fourth-order valence-corrected chi connectivity index (χ4v) is 4.67. The van der Waals surface area contributed by atoms with E-state index in [2.05, 4.69) is 5.32 Å². The zero-order valence-corrected chi connectivity index (χ0v) is 16.7. The molecule has 0 spiro atoms. The Hall–Kier alpha value is -2.13. The number of nitrogens with one attached hydrogen (secondary N) is 1. The van der Waals surface area contributed by atoms with E-state index in [0.717, 1.165) is 18.4 Å². The number of nitrogens with two attached hydrogens (primary N) is 1. The van der Waals surface area contributed by atoms with E-state index in [1.807, 2.05) is 0 Å². The highest BCUT2D eigenvalue weighted by Gasteiger charge is 2.27. The highest BCUT2D eigenvalue weighted by molar-refractivity contribution is 7.89. The molecule has 3 N–H and O–H groups in total. The van der Waals surface area contributed by atoms with Gasteiger partial charge in [-0.2, -0.15) is 4.31 Å². The van der Waals surface area contributed by atoms with Crippen molar-refractivity contribution >= 4 is 22.0 Å². The molecule has 1 saturated heterocycles. The van der Waals surface area contributed by atoms with E-state index in [1.54, 1.807) is 38.1 Å². The van der Waals surface area contributed by atoms with E-state index >= 15 is 0 Å².